The van der Waals surface area contributed by atoms with Crippen LogP contribution in [0.1, 0.15) is 15.9 Å². The summed E-state index contributed by atoms with van der Waals surface area (Å²) in [5.74, 6) is -1.10. The minimum absolute atomic E-state index is 0.0663. The summed E-state index contributed by atoms with van der Waals surface area (Å²) in [6.07, 6.45) is 3.04. The quantitative estimate of drug-likeness (QED) is 0.510. The number of phenols is 1. The smallest absolute Gasteiger partial charge is 0.339 e. The zero-order chi connectivity index (χ0) is 19.9. The lowest BCUT2D eigenvalue weighted by Gasteiger charge is -2.08. The van der Waals surface area contributed by atoms with E-state index in [4.69, 9.17) is 0 Å². The van der Waals surface area contributed by atoms with Gasteiger partial charge in [0.2, 0.25) is 5.91 Å². The van der Waals surface area contributed by atoms with E-state index in [0.29, 0.717) is 0 Å². The van der Waals surface area contributed by atoms with E-state index in [9.17, 15) is 14.7 Å². The average Bonchev–Trinajstić information content (AvgIpc) is 2.73. The summed E-state index contributed by atoms with van der Waals surface area (Å²) in [6.45, 7) is 0. The van der Waals surface area contributed by atoms with Gasteiger partial charge in [0.1, 0.15) is 5.75 Å². The van der Waals surface area contributed by atoms with Gasteiger partial charge in [-0.2, -0.15) is 0 Å². The number of aromatic hydroxyl groups is 1. The first-order valence-electron chi connectivity index (χ1n) is 8.62. The average molecular weight is 373 g/mol. The second-order valence-corrected chi connectivity index (χ2v) is 6.03. The Kier molecular flexibility index (Phi) is 5.87. The largest absolute Gasteiger partial charge is 0.508 e. The number of amides is 1. The minimum Gasteiger partial charge on any atom is -0.508 e. The number of rotatable bonds is 5. The first kappa shape index (κ1) is 18.9. The summed E-state index contributed by atoms with van der Waals surface area (Å²) in [4.78, 5) is 24.0. The van der Waals surface area contributed by atoms with Gasteiger partial charge in [-0.3, -0.25) is 4.79 Å². The van der Waals surface area contributed by atoms with Crippen LogP contribution in [0.2, 0.25) is 0 Å². The summed E-state index contributed by atoms with van der Waals surface area (Å²) >= 11 is 0. The van der Waals surface area contributed by atoms with Crippen LogP contribution in [-0.2, 0) is 9.53 Å². The molecule has 3 rings (SSSR count). The van der Waals surface area contributed by atoms with E-state index in [1.165, 1.54) is 31.4 Å². The van der Waals surface area contributed by atoms with Crippen molar-refractivity contribution in [2.45, 2.75) is 0 Å². The van der Waals surface area contributed by atoms with Crippen molar-refractivity contribution in [2.75, 3.05) is 12.4 Å². The van der Waals surface area contributed by atoms with Crippen LogP contribution in [0.5, 0.6) is 5.75 Å². The van der Waals surface area contributed by atoms with Gasteiger partial charge in [-0.25, -0.2) is 4.79 Å². The Morgan fingerprint density at radius 3 is 2.29 bits per heavy atom. The maximum Gasteiger partial charge on any atom is 0.339 e. The van der Waals surface area contributed by atoms with Gasteiger partial charge < -0.3 is 15.2 Å². The molecule has 28 heavy (non-hydrogen) atoms. The lowest BCUT2D eigenvalue weighted by molar-refractivity contribution is -0.111. The molecular formula is C23H19NO4. The van der Waals surface area contributed by atoms with Crippen LogP contribution in [0.15, 0.2) is 78.9 Å². The molecule has 5 nitrogen and oxygen atoms in total. The zero-order valence-corrected chi connectivity index (χ0v) is 15.3. The van der Waals surface area contributed by atoms with E-state index in [-0.39, 0.29) is 17.0 Å². The monoisotopic (exact) mass is 373 g/mol. The van der Waals surface area contributed by atoms with Crippen LogP contribution in [0.25, 0.3) is 17.2 Å². The normalized spacial score (nSPS) is 10.6. The van der Waals surface area contributed by atoms with Gasteiger partial charge in [-0.15, -0.1) is 0 Å². The number of carbonyl (C=O) groups is 2. The van der Waals surface area contributed by atoms with Crippen LogP contribution in [0.4, 0.5) is 5.69 Å². The fourth-order valence-electron chi connectivity index (χ4n) is 2.69. The molecule has 0 atom stereocenters. The maximum absolute atomic E-state index is 12.2. The van der Waals surface area contributed by atoms with Crippen molar-refractivity contribution in [1.82, 2.24) is 0 Å². The molecule has 0 bridgehead atoms. The van der Waals surface area contributed by atoms with Crippen LogP contribution in [0.3, 0.4) is 0 Å². The second kappa shape index (κ2) is 8.68. The van der Waals surface area contributed by atoms with Gasteiger partial charge in [0.15, 0.2) is 0 Å². The number of methoxy groups -OCH3 is 1. The predicted molar refractivity (Wildman–Crippen MR) is 109 cm³/mol. The fraction of sp³-hybridized carbons (Fsp3) is 0.0435. The van der Waals surface area contributed by atoms with Crippen molar-refractivity contribution in [1.29, 1.82) is 0 Å². The number of esters is 1. The molecule has 0 saturated heterocycles. The summed E-state index contributed by atoms with van der Waals surface area (Å²) in [5, 5.41) is 12.2. The summed E-state index contributed by atoms with van der Waals surface area (Å²) < 4.78 is 4.69. The molecule has 0 aliphatic carbocycles. The van der Waals surface area contributed by atoms with E-state index in [1.807, 2.05) is 54.6 Å². The molecular weight excluding hydrogens is 354 g/mol. The molecule has 3 aromatic carbocycles. The highest BCUT2D eigenvalue weighted by Gasteiger charge is 2.13. The molecule has 0 heterocycles. The Bertz CT molecular complexity index is 1010. The third kappa shape index (κ3) is 4.65. The first-order valence-corrected chi connectivity index (χ1v) is 8.62. The molecule has 0 aromatic heterocycles. The third-order valence-electron chi connectivity index (χ3n) is 4.11. The van der Waals surface area contributed by atoms with E-state index in [1.54, 1.807) is 6.08 Å². The minimum atomic E-state index is -0.601. The first-order chi connectivity index (χ1) is 13.6. The van der Waals surface area contributed by atoms with Crippen molar-refractivity contribution in [2.24, 2.45) is 0 Å². The fourth-order valence-corrected chi connectivity index (χ4v) is 2.69. The highest BCUT2D eigenvalue weighted by atomic mass is 16.5. The Hall–Kier alpha value is -3.86. The molecule has 3 aromatic rings. The van der Waals surface area contributed by atoms with Crippen molar-refractivity contribution < 1.29 is 19.4 Å². The van der Waals surface area contributed by atoms with Crippen molar-refractivity contribution in [3.63, 3.8) is 0 Å². The zero-order valence-electron chi connectivity index (χ0n) is 15.3. The molecule has 1 amide bonds. The van der Waals surface area contributed by atoms with Gasteiger partial charge in [-0.05, 0) is 34.9 Å². The predicted octanol–water partition coefficient (Wildman–Crippen LogP) is 4.50. The Balaban J connectivity index is 1.71. The van der Waals surface area contributed by atoms with Gasteiger partial charge in [-0.1, -0.05) is 54.6 Å². The van der Waals surface area contributed by atoms with Gasteiger partial charge in [0.25, 0.3) is 0 Å². The molecule has 2 N–H and O–H groups in total. The molecule has 5 heteroatoms. The lowest BCUT2D eigenvalue weighted by atomic mass is 10.0. The number of ether oxygens (including phenoxy) is 1. The molecule has 0 fully saturated rings. The highest BCUT2D eigenvalue weighted by molar-refractivity contribution is 6.06. The Labute approximate surface area is 162 Å². The topological polar surface area (TPSA) is 75.6 Å². The number of hydrogen-bond donors (Lipinski definition) is 2. The van der Waals surface area contributed by atoms with Crippen molar-refractivity contribution >= 4 is 23.6 Å². The van der Waals surface area contributed by atoms with Crippen LogP contribution in [-0.4, -0.2) is 24.1 Å². The summed E-state index contributed by atoms with van der Waals surface area (Å²) in [5.41, 5.74) is 3.41. The van der Waals surface area contributed by atoms with Crippen molar-refractivity contribution in [3.8, 4) is 16.9 Å². The third-order valence-corrected chi connectivity index (χ3v) is 4.11. The SMILES string of the molecule is COC(=O)c1ccc(O)cc1NC(=O)C=Cc1ccc(-c2ccccc2)cc1. The number of benzene rings is 3. The summed E-state index contributed by atoms with van der Waals surface area (Å²) in [7, 11) is 1.25. The van der Waals surface area contributed by atoms with Crippen LogP contribution < -0.4 is 5.32 Å². The molecule has 0 unspecified atom stereocenters. The molecule has 0 aliphatic heterocycles. The van der Waals surface area contributed by atoms with Crippen molar-refractivity contribution in [3.05, 3.63) is 90.0 Å². The Morgan fingerprint density at radius 1 is 0.929 bits per heavy atom. The second-order valence-electron chi connectivity index (χ2n) is 6.03. The lowest BCUT2D eigenvalue weighted by Crippen LogP contribution is -2.12. The van der Waals surface area contributed by atoms with E-state index < -0.39 is 11.9 Å². The molecule has 140 valence electrons. The van der Waals surface area contributed by atoms with E-state index in [2.05, 4.69) is 10.1 Å². The van der Waals surface area contributed by atoms with E-state index in [0.717, 1.165) is 16.7 Å². The molecule has 0 saturated carbocycles. The van der Waals surface area contributed by atoms with Gasteiger partial charge in [0, 0.05) is 12.1 Å². The standard InChI is InChI=1S/C23H19NO4/c1-28-23(27)20-13-12-19(25)15-21(20)24-22(26)14-9-16-7-10-18(11-8-16)17-5-3-2-4-6-17/h2-15,25H,1H3,(H,24,26). The number of carbonyl (C=O) groups excluding carboxylic acids is 2. The molecule has 0 radical (unpaired) electrons. The van der Waals surface area contributed by atoms with Gasteiger partial charge >= 0.3 is 5.97 Å². The van der Waals surface area contributed by atoms with E-state index >= 15 is 0 Å². The number of anilines is 1. The number of phenolic OH excluding ortho intramolecular Hbond substituents is 1. The van der Waals surface area contributed by atoms with Crippen LogP contribution >= 0.6 is 0 Å². The maximum atomic E-state index is 12.2. The number of hydrogen-bond acceptors (Lipinski definition) is 4. The summed E-state index contributed by atoms with van der Waals surface area (Å²) in [6, 6.07) is 21.8. The van der Waals surface area contributed by atoms with Gasteiger partial charge in [0.05, 0.1) is 18.4 Å². The molecule has 0 aliphatic rings. The number of nitrogens with one attached hydrogen (secondary N) is 1. The van der Waals surface area contributed by atoms with Crippen LogP contribution in [0, 0.1) is 0 Å². The Morgan fingerprint density at radius 2 is 1.61 bits per heavy atom. The highest BCUT2D eigenvalue weighted by Crippen LogP contribution is 2.23. The molecule has 0 spiro atoms.